The SMILES string of the molecule is CC(C)(CCCO)CNCCOC(F)(F)F. The molecule has 0 radical (unpaired) electrons. The van der Waals surface area contributed by atoms with Crippen LogP contribution in [-0.4, -0.2) is 37.8 Å². The maximum Gasteiger partial charge on any atom is 0.522 e. The van der Waals surface area contributed by atoms with Crippen LogP contribution in [0.5, 0.6) is 0 Å². The molecule has 0 aliphatic rings. The van der Waals surface area contributed by atoms with Crippen LogP contribution in [0.15, 0.2) is 0 Å². The van der Waals surface area contributed by atoms with Gasteiger partial charge in [0.05, 0.1) is 6.61 Å². The van der Waals surface area contributed by atoms with E-state index < -0.39 is 6.36 Å². The quantitative estimate of drug-likeness (QED) is 0.640. The summed E-state index contributed by atoms with van der Waals surface area (Å²) in [6.07, 6.45) is -3.02. The van der Waals surface area contributed by atoms with Crippen LogP contribution in [-0.2, 0) is 4.74 Å². The zero-order valence-corrected chi connectivity index (χ0v) is 9.73. The van der Waals surface area contributed by atoms with Crippen LogP contribution in [0, 0.1) is 5.41 Å². The molecule has 0 fully saturated rings. The van der Waals surface area contributed by atoms with Crippen molar-refractivity contribution in [1.29, 1.82) is 0 Å². The third-order valence-electron chi connectivity index (χ3n) is 2.16. The van der Waals surface area contributed by atoms with E-state index in [2.05, 4.69) is 10.1 Å². The highest BCUT2D eigenvalue weighted by Gasteiger charge is 2.28. The second kappa shape index (κ2) is 7.09. The molecular weight excluding hydrogens is 223 g/mol. The van der Waals surface area contributed by atoms with E-state index in [1.54, 1.807) is 0 Å². The van der Waals surface area contributed by atoms with Gasteiger partial charge in [0.2, 0.25) is 0 Å². The number of alkyl halides is 3. The number of ether oxygens (including phenoxy) is 1. The van der Waals surface area contributed by atoms with E-state index in [0.29, 0.717) is 13.0 Å². The molecule has 0 aromatic carbocycles. The van der Waals surface area contributed by atoms with Gasteiger partial charge in [-0.2, -0.15) is 0 Å². The maximum absolute atomic E-state index is 11.6. The van der Waals surface area contributed by atoms with Crippen molar-refractivity contribution in [1.82, 2.24) is 5.32 Å². The average Bonchev–Trinajstić information content (AvgIpc) is 2.12. The topological polar surface area (TPSA) is 41.5 Å². The Morgan fingerprint density at radius 1 is 1.25 bits per heavy atom. The second-order valence-corrected chi connectivity index (χ2v) is 4.46. The van der Waals surface area contributed by atoms with Crippen LogP contribution in [0.4, 0.5) is 13.2 Å². The molecule has 0 heterocycles. The van der Waals surface area contributed by atoms with Crippen molar-refractivity contribution in [2.24, 2.45) is 5.41 Å². The summed E-state index contributed by atoms with van der Waals surface area (Å²) in [6.45, 7) is 4.54. The van der Waals surface area contributed by atoms with Gasteiger partial charge in [-0.05, 0) is 18.3 Å². The summed E-state index contributed by atoms with van der Waals surface area (Å²) in [7, 11) is 0. The molecule has 0 spiro atoms. The minimum atomic E-state index is -4.55. The number of nitrogens with one attached hydrogen (secondary N) is 1. The average molecular weight is 243 g/mol. The Hall–Kier alpha value is -0.330. The predicted octanol–water partition coefficient (Wildman–Crippen LogP) is 1.91. The Bertz CT molecular complexity index is 183. The number of hydrogen-bond acceptors (Lipinski definition) is 3. The lowest BCUT2D eigenvalue weighted by Gasteiger charge is -2.24. The van der Waals surface area contributed by atoms with Gasteiger partial charge in [0.15, 0.2) is 0 Å². The molecule has 0 aromatic rings. The molecule has 2 N–H and O–H groups in total. The van der Waals surface area contributed by atoms with Crippen LogP contribution in [0.1, 0.15) is 26.7 Å². The molecule has 0 aliphatic heterocycles. The molecule has 0 aromatic heterocycles. The summed E-state index contributed by atoms with van der Waals surface area (Å²) < 4.78 is 38.4. The van der Waals surface area contributed by atoms with Crippen LogP contribution >= 0.6 is 0 Å². The van der Waals surface area contributed by atoms with Gasteiger partial charge in [0, 0.05) is 19.7 Å². The third-order valence-corrected chi connectivity index (χ3v) is 2.16. The fourth-order valence-corrected chi connectivity index (χ4v) is 1.31. The van der Waals surface area contributed by atoms with E-state index in [-0.39, 0.29) is 25.2 Å². The molecule has 0 atom stereocenters. The minimum Gasteiger partial charge on any atom is -0.396 e. The van der Waals surface area contributed by atoms with E-state index in [1.165, 1.54) is 0 Å². The van der Waals surface area contributed by atoms with Crippen molar-refractivity contribution < 1.29 is 23.0 Å². The number of aliphatic hydroxyl groups is 1. The van der Waals surface area contributed by atoms with Gasteiger partial charge in [-0.1, -0.05) is 13.8 Å². The van der Waals surface area contributed by atoms with Crippen LogP contribution < -0.4 is 5.32 Å². The molecule has 0 saturated carbocycles. The molecule has 0 amide bonds. The van der Waals surface area contributed by atoms with Gasteiger partial charge in [0.1, 0.15) is 0 Å². The summed E-state index contributed by atoms with van der Waals surface area (Å²) in [4.78, 5) is 0. The Balaban J connectivity index is 3.50. The van der Waals surface area contributed by atoms with E-state index in [4.69, 9.17) is 5.11 Å². The molecule has 6 heteroatoms. The first-order chi connectivity index (χ1) is 7.27. The first-order valence-electron chi connectivity index (χ1n) is 5.29. The first-order valence-corrected chi connectivity index (χ1v) is 5.29. The molecule has 16 heavy (non-hydrogen) atoms. The summed E-state index contributed by atoms with van der Waals surface area (Å²) in [5.74, 6) is 0. The monoisotopic (exact) mass is 243 g/mol. The van der Waals surface area contributed by atoms with E-state index >= 15 is 0 Å². The molecule has 0 unspecified atom stereocenters. The molecule has 0 bridgehead atoms. The molecule has 0 saturated heterocycles. The van der Waals surface area contributed by atoms with Crippen LogP contribution in [0.25, 0.3) is 0 Å². The Labute approximate surface area is 94.0 Å². The van der Waals surface area contributed by atoms with E-state index in [0.717, 1.165) is 6.42 Å². The fraction of sp³-hybridized carbons (Fsp3) is 1.00. The van der Waals surface area contributed by atoms with Gasteiger partial charge >= 0.3 is 6.36 Å². The number of rotatable bonds is 8. The Morgan fingerprint density at radius 2 is 1.88 bits per heavy atom. The third kappa shape index (κ3) is 10.2. The number of aliphatic hydroxyl groups excluding tert-OH is 1. The minimum absolute atomic E-state index is 0.0268. The van der Waals surface area contributed by atoms with Gasteiger partial charge in [-0.15, -0.1) is 13.2 Å². The van der Waals surface area contributed by atoms with Crippen molar-refractivity contribution in [2.45, 2.75) is 33.1 Å². The van der Waals surface area contributed by atoms with Crippen molar-refractivity contribution in [3.05, 3.63) is 0 Å². The highest BCUT2D eigenvalue weighted by Crippen LogP contribution is 2.20. The highest BCUT2D eigenvalue weighted by molar-refractivity contribution is 4.71. The first kappa shape index (κ1) is 15.7. The maximum atomic E-state index is 11.6. The van der Waals surface area contributed by atoms with Crippen LogP contribution in [0.2, 0.25) is 0 Å². The standard InChI is InChI=1S/C10H20F3NO2/c1-9(2,4-3-6-15)8-14-5-7-16-10(11,12)13/h14-15H,3-8H2,1-2H3. The number of halogens is 3. The molecular formula is C10H20F3NO2. The highest BCUT2D eigenvalue weighted by atomic mass is 19.4. The van der Waals surface area contributed by atoms with Crippen LogP contribution in [0.3, 0.4) is 0 Å². The van der Waals surface area contributed by atoms with Crippen molar-refractivity contribution >= 4 is 0 Å². The predicted molar refractivity (Wildman–Crippen MR) is 55.0 cm³/mol. The van der Waals surface area contributed by atoms with Gasteiger partial charge < -0.3 is 10.4 Å². The van der Waals surface area contributed by atoms with Gasteiger partial charge in [-0.25, -0.2) is 0 Å². The Morgan fingerprint density at radius 3 is 2.38 bits per heavy atom. The lowest BCUT2D eigenvalue weighted by Crippen LogP contribution is -2.33. The van der Waals surface area contributed by atoms with Crippen molar-refractivity contribution in [3.63, 3.8) is 0 Å². The zero-order chi connectivity index (χ0) is 12.7. The normalized spacial score (nSPS) is 13.1. The summed E-state index contributed by atoms with van der Waals surface area (Å²) in [6, 6.07) is 0. The second-order valence-electron chi connectivity index (χ2n) is 4.46. The van der Waals surface area contributed by atoms with E-state index in [9.17, 15) is 13.2 Å². The van der Waals surface area contributed by atoms with E-state index in [1.807, 2.05) is 13.8 Å². The molecule has 0 aliphatic carbocycles. The number of hydrogen-bond donors (Lipinski definition) is 2. The van der Waals surface area contributed by atoms with Gasteiger partial charge in [-0.3, -0.25) is 4.74 Å². The smallest absolute Gasteiger partial charge is 0.396 e. The fourth-order valence-electron chi connectivity index (χ4n) is 1.31. The lowest BCUT2D eigenvalue weighted by atomic mass is 9.88. The molecule has 98 valence electrons. The largest absolute Gasteiger partial charge is 0.522 e. The molecule has 0 rings (SSSR count). The van der Waals surface area contributed by atoms with Crippen molar-refractivity contribution in [2.75, 3.05) is 26.3 Å². The Kier molecular flexibility index (Phi) is 6.94. The van der Waals surface area contributed by atoms with Crippen molar-refractivity contribution in [3.8, 4) is 0 Å². The summed E-state index contributed by atoms with van der Waals surface area (Å²) >= 11 is 0. The molecule has 3 nitrogen and oxygen atoms in total. The summed E-state index contributed by atoms with van der Waals surface area (Å²) in [5.41, 5.74) is -0.0268. The van der Waals surface area contributed by atoms with Gasteiger partial charge in [0.25, 0.3) is 0 Å². The zero-order valence-electron chi connectivity index (χ0n) is 9.73. The summed E-state index contributed by atoms with van der Waals surface area (Å²) in [5, 5.41) is 11.6. The lowest BCUT2D eigenvalue weighted by molar-refractivity contribution is -0.323.